The molecule has 3 rings (SSSR count). The lowest BCUT2D eigenvalue weighted by Crippen LogP contribution is -2.44. The van der Waals surface area contributed by atoms with E-state index in [0.717, 1.165) is 31.7 Å². The number of benzene rings is 2. The Morgan fingerprint density at radius 3 is 2.00 bits per heavy atom. The molecule has 1 aliphatic heterocycles. The number of para-hydroxylation sites is 1. The van der Waals surface area contributed by atoms with Crippen molar-refractivity contribution in [3.63, 3.8) is 0 Å². The zero-order chi connectivity index (χ0) is 18.4. The van der Waals surface area contributed by atoms with E-state index in [9.17, 15) is 0 Å². The summed E-state index contributed by atoms with van der Waals surface area (Å²) >= 11 is 0. The molecule has 1 saturated heterocycles. The summed E-state index contributed by atoms with van der Waals surface area (Å²) in [6.45, 7) is 3.62. The van der Waals surface area contributed by atoms with E-state index >= 15 is 0 Å². The van der Waals surface area contributed by atoms with Crippen molar-refractivity contribution in [2.45, 2.75) is 0 Å². The Balaban J connectivity index is 1.69. The van der Waals surface area contributed by atoms with E-state index in [-0.39, 0.29) is 0 Å². The molecule has 1 aliphatic rings. The molecule has 1 fully saturated rings. The van der Waals surface area contributed by atoms with Gasteiger partial charge in [0.05, 0.1) is 46.2 Å². The zero-order valence-corrected chi connectivity index (χ0v) is 15.5. The van der Waals surface area contributed by atoms with E-state index in [0.29, 0.717) is 17.2 Å². The molecule has 0 unspecified atom stereocenters. The van der Waals surface area contributed by atoms with Gasteiger partial charge in [0.2, 0.25) is 0 Å². The van der Waals surface area contributed by atoms with Crippen LogP contribution in [0.1, 0.15) is 5.56 Å². The number of nitrogens with zero attached hydrogens (tertiary/aromatic N) is 3. The fourth-order valence-electron chi connectivity index (χ4n) is 3.01. The van der Waals surface area contributed by atoms with Gasteiger partial charge in [-0.1, -0.05) is 18.2 Å². The summed E-state index contributed by atoms with van der Waals surface area (Å²) in [7, 11) is 4.88. The molecule has 0 aromatic heterocycles. The largest absolute Gasteiger partial charge is 0.496 e. The lowest BCUT2D eigenvalue weighted by atomic mass is 10.2. The SMILES string of the molecule is COc1cc(OC)c(/C=N\N2CCN(c3ccccc3)CC2)c(OC)c1. The zero-order valence-electron chi connectivity index (χ0n) is 15.5. The molecule has 26 heavy (non-hydrogen) atoms. The van der Waals surface area contributed by atoms with Crippen molar-refractivity contribution in [1.29, 1.82) is 0 Å². The van der Waals surface area contributed by atoms with Crippen LogP contribution in [0.2, 0.25) is 0 Å². The van der Waals surface area contributed by atoms with E-state index in [2.05, 4.69) is 39.3 Å². The molecule has 0 saturated carbocycles. The van der Waals surface area contributed by atoms with Crippen LogP contribution in [0, 0.1) is 0 Å². The van der Waals surface area contributed by atoms with Gasteiger partial charge in [0.25, 0.3) is 0 Å². The van der Waals surface area contributed by atoms with Crippen molar-refractivity contribution in [3.8, 4) is 17.2 Å². The van der Waals surface area contributed by atoms with Crippen molar-refractivity contribution < 1.29 is 14.2 Å². The number of methoxy groups -OCH3 is 3. The van der Waals surface area contributed by atoms with E-state index in [1.54, 1.807) is 27.5 Å². The first-order valence-corrected chi connectivity index (χ1v) is 8.64. The van der Waals surface area contributed by atoms with Crippen molar-refractivity contribution in [3.05, 3.63) is 48.0 Å². The van der Waals surface area contributed by atoms with Gasteiger partial charge >= 0.3 is 0 Å². The molecule has 0 radical (unpaired) electrons. The number of hydrogen-bond acceptors (Lipinski definition) is 6. The minimum absolute atomic E-state index is 0.674. The summed E-state index contributed by atoms with van der Waals surface area (Å²) in [5.74, 6) is 2.04. The van der Waals surface area contributed by atoms with Crippen LogP contribution < -0.4 is 19.1 Å². The van der Waals surface area contributed by atoms with Gasteiger partial charge in [-0.3, -0.25) is 5.01 Å². The quantitative estimate of drug-likeness (QED) is 0.746. The van der Waals surface area contributed by atoms with Crippen LogP contribution in [0.15, 0.2) is 47.6 Å². The van der Waals surface area contributed by atoms with Crippen LogP contribution >= 0.6 is 0 Å². The Morgan fingerprint density at radius 2 is 1.46 bits per heavy atom. The second kappa shape index (κ2) is 8.47. The Labute approximate surface area is 154 Å². The second-order valence-corrected chi connectivity index (χ2v) is 5.97. The summed E-state index contributed by atoms with van der Waals surface area (Å²) < 4.78 is 16.2. The maximum atomic E-state index is 5.47. The number of rotatable bonds is 6. The van der Waals surface area contributed by atoms with E-state index < -0.39 is 0 Å². The van der Waals surface area contributed by atoms with Gasteiger partial charge in [-0.15, -0.1) is 0 Å². The van der Waals surface area contributed by atoms with Gasteiger partial charge < -0.3 is 19.1 Å². The molecular formula is C20H25N3O3. The summed E-state index contributed by atoms with van der Waals surface area (Å²) in [4.78, 5) is 2.38. The number of hydrazone groups is 1. The Kier molecular flexibility index (Phi) is 5.84. The molecule has 138 valence electrons. The molecule has 0 atom stereocenters. The molecular weight excluding hydrogens is 330 g/mol. The van der Waals surface area contributed by atoms with E-state index in [4.69, 9.17) is 14.2 Å². The van der Waals surface area contributed by atoms with Crippen LogP contribution in [0.5, 0.6) is 17.2 Å². The normalized spacial score (nSPS) is 14.6. The third kappa shape index (κ3) is 4.02. The van der Waals surface area contributed by atoms with Crippen LogP contribution in [-0.2, 0) is 0 Å². The Bertz CT molecular complexity index is 716. The third-order valence-corrected chi connectivity index (χ3v) is 4.48. The van der Waals surface area contributed by atoms with Crippen molar-refractivity contribution >= 4 is 11.9 Å². The highest BCUT2D eigenvalue weighted by Crippen LogP contribution is 2.32. The van der Waals surface area contributed by atoms with Crippen molar-refractivity contribution in [2.24, 2.45) is 5.10 Å². The predicted octanol–water partition coefficient (Wildman–Crippen LogP) is 2.87. The van der Waals surface area contributed by atoms with Crippen LogP contribution in [0.25, 0.3) is 0 Å². The lowest BCUT2D eigenvalue weighted by molar-refractivity contribution is 0.272. The predicted molar refractivity (Wildman–Crippen MR) is 104 cm³/mol. The average molecular weight is 355 g/mol. The molecule has 0 aliphatic carbocycles. The van der Waals surface area contributed by atoms with Gasteiger partial charge in [-0.05, 0) is 12.1 Å². The number of hydrogen-bond donors (Lipinski definition) is 0. The van der Waals surface area contributed by atoms with E-state index in [1.165, 1.54) is 5.69 Å². The molecule has 0 spiro atoms. The molecule has 0 amide bonds. The maximum Gasteiger partial charge on any atom is 0.135 e. The fourth-order valence-corrected chi connectivity index (χ4v) is 3.01. The van der Waals surface area contributed by atoms with Gasteiger partial charge in [0.15, 0.2) is 0 Å². The summed E-state index contributed by atoms with van der Waals surface area (Å²) in [6, 6.07) is 14.1. The van der Waals surface area contributed by atoms with Gasteiger partial charge in [0, 0.05) is 30.9 Å². The molecule has 2 aromatic rings. The maximum absolute atomic E-state index is 5.47. The standard InChI is InChI=1S/C20H25N3O3/c1-24-17-13-19(25-2)18(20(14-17)26-3)15-21-23-11-9-22(10-12-23)16-7-5-4-6-8-16/h4-8,13-15H,9-12H2,1-3H3/b21-15-. The highest BCUT2D eigenvalue weighted by atomic mass is 16.5. The minimum atomic E-state index is 0.674. The molecule has 2 aromatic carbocycles. The van der Waals surface area contributed by atoms with Gasteiger partial charge in [0.1, 0.15) is 17.2 Å². The van der Waals surface area contributed by atoms with Crippen molar-refractivity contribution in [2.75, 3.05) is 52.4 Å². The molecule has 1 heterocycles. The summed E-state index contributed by atoms with van der Waals surface area (Å²) in [5.41, 5.74) is 2.07. The lowest BCUT2D eigenvalue weighted by Gasteiger charge is -2.34. The first-order valence-electron chi connectivity index (χ1n) is 8.64. The summed E-state index contributed by atoms with van der Waals surface area (Å²) in [6.07, 6.45) is 1.80. The van der Waals surface area contributed by atoms with Gasteiger partial charge in [-0.25, -0.2) is 0 Å². The highest BCUT2D eigenvalue weighted by Gasteiger charge is 2.16. The van der Waals surface area contributed by atoms with Gasteiger partial charge in [-0.2, -0.15) is 5.10 Å². The second-order valence-electron chi connectivity index (χ2n) is 5.97. The average Bonchev–Trinajstić information content (AvgIpc) is 2.72. The Morgan fingerprint density at radius 1 is 0.846 bits per heavy atom. The van der Waals surface area contributed by atoms with Crippen LogP contribution in [-0.4, -0.2) is 58.7 Å². The molecule has 6 nitrogen and oxygen atoms in total. The number of anilines is 1. The molecule has 6 heteroatoms. The molecule has 0 N–H and O–H groups in total. The van der Waals surface area contributed by atoms with Crippen LogP contribution in [0.4, 0.5) is 5.69 Å². The van der Waals surface area contributed by atoms with E-state index in [1.807, 2.05) is 18.2 Å². The Hall–Kier alpha value is -2.89. The number of ether oxygens (including phenoxy) is 3. The number of piperazine rings is 1. The minimum Gasteiger partial charge on any atom is -0.496 e. The third-order valence-electron chi connectivity index (χ3n) is 4.48. The van der Waals surface area contributed by atoms with Crippen LogP contribution in [0.3, 0.4) is 0 Å². The topological polar surface area (TPSA) is 46.5 Å². The monoisotopic (exact) mass is 355 g/mol. The smallest absolute Gasteiger partial charge is 0.135 e. The first-order chi connectivity index (χ1) is 12.7. The van der Waals surface area contributed by atoms with Crippen molar-refractivity contribution in [1.82, 2.24) is 5.01 Å². The first kappa shape index (κ1) is 17.9. The molecule has 0 bridgehead atoms. The fraction of sp³-hybridized carbons (Fsp3) is 0.350. The highest BCUT2D eigenvalue weighted by molar-refractivity contribution is 5.88. The summed E-state index contributed by atoms with van der Waals surface area (Å²) in [5, 5.41) is 6.71.